The Kier molecular flexibility index (Phi) is 4.22. The molecule has 2 N–H and O–H groups in total. The largest absolute Gasteiger partial charge is 0.472 e. The molecule has 0 bridgehead atoms. The molecule has 0 unspecified atom stereocenters. The Balaban J connectivity index is 1.74. The van der Waals surface area contributed by atoms with Crippen LogP contribution in [0.4, 0.5) is 0 Å². The van der Waals surface area contributed by atoms with Gasteiger partial charge in [-0.05, 0) is 60.5 Å². The molecule has 2 heterocycles. The van der Waals surface area contributed by atoms with Gasteiger partial charge in [0.15, 0.2) is 0 Å². The summed E-state index contributed by atoms with van der Waals surface area (Å²) in [5, 5.41) is 5.19. The number of furan rings is 1. The first-order valence-corrected chi connectivity index (χ1v) is 9.93. The van der Waals surface area contributed by atoms with E-state index in [0.29, 0.717) is 0 Å². The van der Waals surface area contributed by atoms with E-state index in [2.05, 4.69) is 34.9 Å². The average molecular weight is 378 g/mol. The van der Waals surface area contributed by atoms with Gasteiger partial charge in [-0.2, -0.15) is 0 Å². The Morgan fingerprint density at radius 3 is 2.07 bits per heavy atom. The highest BCUT2D eigenvalue weighted by molar-refractivity contribution is 7.89. The lowest BCUT2D eigenvalue weighted by Crippen LogP contribution is -2.12. The van der Waals surface area contributed by atoms with Crippen LogP contribution in [0.25, 0.3) is 28.1 Å². The minimum Gasteiger partial charge on any atom is -0.472 e. The number of hydrogen-bond donors (Lipinski definition) is 1. The van der Waals surface area contributed by atoms with Gasteiger partial charge < -0.3 is 8.98 Å². The Morgan fingerprint density at radius 1 is 0.815 bits per heavy atom. The molecule has 0 radical (unpaired) electrons. The molecule has 27 heavy (non-hydrogen) atoms. The van der Waals surface area contributed by atoms with Crippen molar-refractivity contribution in [2.45, 2.75) is 11.8 Å². The molecule has 0 aliphatic heterocycles. The molecule has 0 fully saturated rings. The second-order valence-electron chi connectivity index (χ2n) is 6.32. The summed E-state index contributed by atoms with van der Waals surface area (Å²) in [6.07, 6.45) is 3.37. The maximum absolute atomic E-state index is 11.5. The molecule has 6 heteroatoms. The number of aryl methyl sites for hydroxylation is 1. The van der Waals surface area contributed by atoms with Crippen LogP contribution < -0.4 is 5.14 Å². The highest BCUT2D eigenvalue weighted by atomic mass is 32.2. The van der Waals surface area contributed by atoms with Crippen LogP contribution in [0, 0.1) is 6.92 Å². The maximum atomic E-state index is 11.5. The number of benzene rings is 2. The number of nitrogens with zero attached hydrogens (tertiary/aromatic N) is 1. The van der Waals surface area contributed by atoms with Crippen molar-refractivity contribution in [2.24, 2.45) is 5.14 Å². The quantitative estimate of drug-likeness (QED) is 0.573. The van der Waals surface area contributed by atoms with Crippen molar-refractivity contribution in [1.82, 2.24) is 4.57 Å². The summed E-state index contributed by atoms with van der Waals surface area (Å²) in [7, 11) is -3.70. The Bertz CT molecular complexity index is 1170. The van der Waals surface area contributed by atoms with Crippen LogP contribution in [0.1, 0.15) is 5.69 Å². The van der Waals surface area contributed by atoms with E-state index in [1.54, 1.807) is 24.7 Å². The van der Waals surface area contributed by atoms with Gasteiger partial charge in [-0.25, -0.2) is 13.6 Å². The van der Waals surface area contributed by atoms with Gasteiger partial charge >= 0.3 is 0 Å². The van der Waals surface area contributed by atoms with Crippen molar-refractivity contribution in [2.75, 3.05) is 0 Å². The fourth-order valence-electron chi connectivity index (χ4n) is 3.15. The molecule has 4 aromatic rings. The number of rotatable bonds is 4. The fourth-order valence-corrected chi connectivity index (χ4v) is 3.67. The zero-order chi connectivity index (χ0) is 19.0. The van der Waals surface area contributed by atoms with Crippen LogP contribution in [0.3, 0.4) is 0 Å². The van der Waals surface area contributed by atoms with Crippen molar-refractivity contribution in [3.05, 3.63) is 85.0 Å². The van der Waals surface area contributed by atoms with Crippen LogP contribution in [-0.4, -0.2) is 13.0 Å². The van der Waals surface area contributed by atoms with Crippen molar-refractivity contribution < 1.29 is 12.8 Å². The van der Waals surface area contributed by atoms with Gasteiger partial charge in [0.25, 0.3) is 0 Å². The summed E-state index contributed by atoms with van der Waals surface area (Å²) in [5.74, 6) is 0. The lowest BCUT2D eigenvalue weighted by atomic mass is 10.1. The van der Waals surface area contributed by atoms with E-state index in [1.807, 2.05) is 19.1 Å². The van der Waals surface area contributed by atoms with E-state index in [1.165, 1.54) is 12.1 Å². The molecule has 0 aliphatic carbocycles. The van der Waals surface area contributed by atoms with Crippen LogP contribution >= 0.6 is 0 Å². The molecule has 0 atom stereocenters. The van der Waals surface area contributed by atoms with E-state index in [-0.39, 0.29) is 4.90 Å². The molecule has 136 valence electrons. The van der Waals surface area contributed by atoms with Crippen molar-refractivity contribution in [1.29, 1.82) is 0 Å². The third-order valence-electron chi connectivity index (χ3n) is 4.53. The predicted octanol–water partition coefficient (Wildman–Crippen LogP) is 4.36. The third kappa shape index (κ3) is 3.32. The van der Waals surface area contributed by atoms with Crippen molar-refractivity contribution in [3.63, 3.8) is 0 Å². The standard InChI is InChI=1S/C21H18N2O3S/c1-15-2-11-21(17-5-3-16(4-6-17)18-12-13-26-14-18)23(15)19-7-9-20(10-8-19)27(22,24)25/h2-14H,1H3,(H2,22,24,25). The van der Waals surface area contributed by atoms with E-state index in [9.17, 15) is 8.42 Å². The van der Waals surface area contributed by atoms with Gasteiger partial charge in [0, 0.05) is 16.9 Å². The first kappa shape index (κ1) is 17.3. The lowest BCUT2D eigenvalue weighted by molar-refractivity contribution is 0.568. The number of sulfonamides is 1. The summed E-state index contributed by atoms with van der Waals surface area (Å²) in [6.45, 7) is 2.01. The van der Waals surface area contributed by atoms with Crippen LogP contribution in [0.15, 0.2) is 88.6 Å². The van der Waals surface area contributed by atoms with E-state index in [0.717, 1.165) is 33.8 Å². The van der Waals surface area contributed by atoms with Crippen LogP contribution in [0.5, 0.6) is 0 Å². The normalized spacial score (nSPS) is 11.6. The predicted molar refractivity (Wildman–Crippen MR) is 105 cm³/mol. The summed E-state index contributed by atoms with van der Waals surface area (Å²) < 4.78 is 30.2. The maximum Gasteiger partial charge on any atom is 0.238 e. The third-order valence-corrected chi connectivity index (χ3v) is 5.46. The zero-order valence-corrected chi connectivity index (χ0v) is 15.5. The fraction of sp³-hybridized carbons (Fsp3) is 0.0476. The van der Waals surface area contributed by atoms with E-state index in [4.69, 9.17) is 9.56 Å². The molecule has 0 aliphatic rings. The van der Waals surface area contributed by atoms with Gasteiger partial charge in [-0.3, -0.25) is 0 Å². The zero-order valence-electron chi connectivity index (χ0n) is 14.7. The topological polar surface area (TPSA) is 78.2 Å². The molecule has 0 amide bonds. The van der Waals surface area contributed by atoms with Gasteiger partial charge in [0.1, 0.15) is 0 Å². The van der Waals surface area contributed by atoms with Crippen molar-refractivity contribution >= 4 is 10.0 Å². The highest BCUT2D eigenvalue weighted by Crippen LogP contribution is 2.29. The molecule has 2 aromatic carbocycles. The smallest absolute Gasteiger partial charge is 0.238 e. The molecule has 0 spiro atoms. The SMILES string of the molecule is Cc1ccc(-c2ccc(-c3ccoc3)cc2)n1-c1ccc(S(N)(=O)=O)cc1. The monoisotopic (exact) mass is 378 g/mol. The number of nitrogens with two attached hydrogens (primary N) is 1. The second kappa shape index (κ2) is 6.57. The summed E-state index contributed by atoms with van der Waals surface area (Å²) in [5.41, 5.74) is 6.12. The van der Waals surface area contributed by atoms with Gasteiger partial charge in [-0.1, -0.05) is 24.3 Å². The molecule has 0 saturated carbocycles. The van der Waals surface area contributed by atoms with Gasteiger partial charge in [-0.15, -0.1) is 0 Å². The summed E-state index contributed by atoms with van der Waals surface area (Å²) in [4.78, 5) is 0.0991. The molecule has 4 rings (SSSR count). The average Bonchev–Trinajstić information content (AvgIpc) is 3.31. The Hall–Kier alpha value is -3.09. The van der Waals surface area contributed by atoms with Gasteiger partial charge in [0.2, 0.25) is 10.0 Å². The number of aromatic nitrogens is 1. The second-order valence-corrected chi connectivity index (χ2v) is 7.89. The highest BCUT2D eigenvalue weighted by Gasteiger charge is 2.12. The number of hydrogen-bond acceptors (Lipinski definition) is 3. The molecular formula is C21H18N2O3S. The van der Waals surface area contributed by atoms with Crippen molar-refractivity contribution in [3.8, 4) is 28.1 Å². The Morgan fingerprint density at radius 2 is 1.48 bits per heavy atom. The Labute approximate surface area is 157 Å². The summed E-state index contributed by atoms with van der Waals surface area (Å²) in [6, 6.07) is 20.8. The van der Waals surface area contributed by atoms with E-state index >= 15 is 0 Å². The first-order valence-electron chi connectivity index (χ1n) is 8.38. The van der Waals surface area contributed by atoms with Gasteiger partial charge in [0.05, 0.1) is 23.1 Å². The minimum absolute atomic E-state index is 0.0991. The molecule has 2 aromatic heterocycles. The number of primary sulfonamides is 1. The molecule has 0 saturated heterocycles. The lowest BCUT2D eigenvalue weighted by Gasteiger charge is -2.13. The molecular weight excluding hydrogens is 360 g/mol. The summed E-state index contributed by atoms with van der Waals surface area (Å²) >= 11 is 0. The van der Waals surface area contributed by atoms with Crippen LogP contribution in [0.2, 0.25) is 0 Å². The van der Waals surface area contributed by atoms with E-state index < -0.39 is 10.0 Å². The minimum atomic E-state index is -3.70. The van der Waals surface area contributed by atoms with Crippen LogP contribution in [-0.2, 0) is 10.0 Å². The molecule has 5 nitrogen and oxygen atoms in total. The first-order chi connectivity index (χ1) is 12.9.